The van der Waals surface area contributed by atoms with Crippen molar-refractivity contribution in [2.45, 2.75) is 66.1 Å². The topological polar surface area (TPSA) is 14.8 Å². The van der Waals surface area contributed by atoms with Crippen LogP contribution in [0.15, 0.2) is 170 Å². The van der Waals surface area contributed by atoms with Gasteiger partial charge in [-0.25, -0.2) is 0 Å². The van der Waals surface area contributed by atoms with Crippen molar-refractivity contribution in [3.8, 4) is 11.1 Å². The number of hydrogen-bond acceptors (Lipinski definition) is 2. The van der Waals surface area contributed by atoms with Gasteiger partial charge in [-0.15, -0.1) is 22.7 Å². The zero-order valence-corrected chi connectivity index (χ0v) is 39.4. The number of benzene rings is 8. The maximum absolute atomic E-state index is 2.48. The molecule has 0 amide bonds. The van der Waals surface area contributed by atoms with Crippen LogP contribution in [0.3, 0.4) is 0 Å². The minimum Gasteiger partial charge on any atom is -0.338 e. The molecule has 5 aromatic heterocycles. The van der Waals surface area contributed by atoms with Gasteiger partial charge >= 0.3 is 0 Å². The molecule has 13 aromatic rings. The van der Waals surface area contributed by atoms with Crippen LogP contribution in [0.5, 0.6) is 0 Å². The minimum absolute atomic E-state index is 0.448. The van der Waals surface area contributed by atoms with E-state index >= 15 is 0 Å². The van der Waals surface area contributed by atoms with Gasteiger partial charge in [0.2, 0.25) is 0 Å². The molecule has 1 aliphatic rings. The summed E-state index contributed by atoms with van der Waals surface area (Å²) < 4.78 is 11.6. The lowest BCUT2D eigenvalue weighted by atomic mass is 9.99. The lowest BCUT2D eigenvalue weighted by Gasteiger charge is -2.12. The van der Waals surface area contributed by atoms with Gasteiger partial charge in [-0.3, -0.25) is 0 Å². The maximum Gasteiger partial charge on any atom is 0.105 e. The molecule has 0 atom stereocenters. The molecule has 1 aliphatic carbocycles. The highest BCUT2D eigenvalue weighted by Crippen LogP contribution is 2.47. The summed E-state index contributed by atoms with van der Waals surface area (Å²) in [6.45, 7) is 13.6. The van der Waals surface area contributed by atoms with Crippen LogP contribution in [0.4, 0.5) is 0 Å². The molecule has 65 heavy (non-hydrogen) atoms. The lowest BCUT2D eigenvalue weighted by molar-refractivity contribution is 0.642. The molecule has 0 bridgehead atoms. The average Bonchev–Trinajstić information content (AvgIpc) is 4.16. The Morgan fingerprint density at radius 2 is 0.831 bits per heavy atom. The second-order valence-corrected chi connectivity index (χ2v) is 20.6. The molecule has 0 radical (unpaired) electrons. The monoisotopic (exact) mass is 877 g/mol. The summed E-state index contributed by atoms with van der Waals surface area (Å²) in [5.41, 5.74) is 12.5. The van der Waals surface area contributed by atoms with Gasteiger partial charge in [0, 0.05) is 103 Å². The molecule has 0 aliphatic heterocycles. The summed E-state index contributed by atoms with van der Waals surface area (Å²) in [5, 5.41) is 12.5. The van der Waals surface area contributed by atoms with E-state index < -0.39 is 0 Å². The van der Waals surface area contributed by atoms with Gasteiger partial charge in [0.25, 0.3) is 0 Å². The summed E-state index contributed by atoms with van der Waals surface area (Å²) in [6, 6.07) is 63.3. The Kier molecular flexibility index (Phi) is 9.52. The first-order valence-electron chi connectivity index (χ1n) is 23.1. The molecule has 8 aromatic carbocycles. The molecular weight excluding hydrogens is 827 g/mol. The van der Waals surface area contributed by atoms with E-state index in [0.29, 0.717) is 18.1 Å². The molecule has 318 valence electrons. The van der Waals surface area contributed by atoms with E-state index in [1.165, 1.54) is 117 Å². The second kappa shape index (κ2) is 15.5. The van der Waals surface area contributed by atoms with E-state index in [1.54, 1.807) is 0 Å². The molecule has 0 saturated carbocycles. The van der Waals surface area contributed by atoms with Crippen molar-refractivity contribution in [3.63, 3.8) is 0 Å². The molecule has 0 fully saturated rings. The zero-order chi connectivity index (χ0) is 44.1. The van der Waals surface area contributed by atoms with E-state index in [9.17, 15) is 0 Å². The second-order valence-electron chi connectivity index (χ2n) is 18.5. The number of rotatable bonds is 3. The number of para-hydroxylation sites is 3. The van der Waals surface area contributed by atoms with Crippen molar-refractivity contribution in [2.75, 3.05) is 0 Å². The molecule has 0 saturated heterocycles. The molecule has 5 heterocycles. The number of aromatic nitrogens is 3. The van der Waals surface area contributed by atoms with Crippen LogP contribution in [0, 0.1) is 0 Å². The Balaban J connectivity index is 0.000000103. The first kappa shape index (κ1) is 39.9. The standard InChI is InChI=1S/C22H19N.C21H17NS.C17H15NS/c1-14(2)23-19-10-6-5-9-18(19)22-20(23)12-11-16-13-15-7-3-4-8-17(15)21(16)22;1-13(2)22-17-9-5-3-8-16(17)20-18(22)12-11-15-14-7-4-6-10-19(14)23-21(15)20;1-11(2)18-14-9-5-3-7-12(14)16-13-8-4-6-10-15(13)19-17(16)18/h3-12,14H,13H2,1-2H3;3-13H,1-2H3;3-11H,1-2H3. The van der Waals surface area contributed by atoms with Crippen molar-refractivity contribution < 1.29 is 0 Å². The molecule has 0 spiro atoms. The van der Waals surface area contributed by atoms with Crippen LogP contribution in [-0.2, 0) is 6.42 Å². The molecular formula is C60H51N3S2. The van der Waals surface area contributed by atoms with Crippen LogP contribution >= 0.6 is 22.7 Å². The molecule has 5 heteroatoms. The van der Waals surface area contributed by atoms with Crippen LogP contribution in [0.1, 0.15) is 70.8 Å². The average molecular weight is 878 g/mol. The van der Waals surface area contributed by atoms with Crippen LogP contribution < -0.4 is 0 Å². The van der Waals surface area contributed by atoms with E-state index in [0.717, 1.165) is 6.42 Å². The van der Waals surface area contributed by atoms with Gasteiger partial charge in [0.05, 0.1) is 5.52 Å². The Labute approximate surface area is 387 Å². The smallest absolute Gasteiger partial charge is 0.105 e. The van der Waals surface area contributed by atoms with E-state index in [2.05, 4.69) is 225 Å². The fourth-order valence-electron chi connectivity index (χ4n) is 11.1. The third-order valence-corrected chi connectivity index (χ3v) is 16.0. The van der Waals surface area contributed by atoms with Gasteiger partial charge in [0.15, 0.2) is 0 Å². The highest BCUT2D eigenvalue weighted by Gasteiger charge is 2.25. The van der Waals surface area contributed by atoms with E-state index in [-0.39, 0.29) is 0 Å². The van der Waals surface area contributed by atoms with Gasteiger partial charge in [-0.05, 0) is 113 Å². The third kappa shape index (κ3) is 6.12. The summed E-state index contributed by atoms with van der Waals surface area (Å²) in [7, 11) is 0. The summed E-state index contributed by atoms with van der Waals surface area (Å²) in [4.78, 5) is 1.40. The molecule has 0 N–H and O–H groups in total. The van der Waals surface area contributed by atoms with Crippen LogP contribution in [0.25, 0.3) is 106 Å². The van der Waals surface area contributed by atoms with Crippen molar-refractivity contribution in [1.29, 1.82) is 0 Å². The fraction of sp³-hybridized carbons (Fsp3) is 0.167. The first-order valence-corrected chi connectivity index (χ1v) is 24.8. The van der Waals surface area contributed by atoms with Crippen LogP contribution in [0.2, 0.25) is 0 Å². The number of thiophene rings is 2. The van der Waals surface area contributed by atoms with Gasteiger partial charge < -0.3 is 13.7 Å². The lowest BCUT2D eigenvalue weighted by Crippen LogP contribution is -1.99. The zero-order valence-electron chi connectivity index (χ0n) is 37.8. The Bertz CT molecular complexity index is 3970. The number of fused-ring (bicyclic) bond motifs is 19. The number of hydrogen-bond donors (Lipinski definition) is 0. The van der Waals surface area contributed by atoms with Gasteiger partial charge in [0.1, 0.15) is 4.83 Å². The number of nitrogens with zero attached hydrogens (tertiary/aromatic N) is 3. The molecule has 0 unspecified atom stereocenters. The summed E-state index contributed by atoms with van der Waals surface area (Å²) in [6.07, 6.45) is 1.06. The van der Waals surface area contributed by atoms with E-state index in [4.69, 9.17) is 0 Å². The van der Waals surface area contributed by atoms with Crippen LogP contribution in [-0.4, -0.2) is 13.7 Å². The largest absolute Gasteiger partial charge is 0.338 e. The highest BCUT2D eigenvalue weighted by atomic mass is 32.1. The molecule has 14 rings (SSSR count). The normalized spacial score (nSPS) is 12.5. The Morgan fingerprint density at radius 3 is 1.48 bits per heavy atom. The fourth-order valence-corrected chi connectivity index (χ4v) is 13.7. The molecule has 3 nitrogen and oxygen atoms in total. The van der Waals surface area contributed by atoms with Crippen molar-refractivity contribution in [1.82, 2.24) is 13.7 Å². The summed E-state index contributed by atoms with van der Waals surface area (Å²) in [5.74, 6) is 0. The SMILES string of the molecule is CC(C)n1c2ccccc2c2c3c(ccc21)Cc1ccccc1-3.CC(C)n1c2ccccc2c2c3ccccc3sc21.CC(C)n1c2ccccc2c2c3sc4ccccc4c3ccc21. The predicted octanol–water partition coefficient (Wildman–Crippen LogP) is 18.3. The summed E-state index contributed by atoms with van der Waals surface area (Å²) >= 11 is 3.82. The van der Waals surface area contributed by atoms with Crippen molar-refractivity contribution >= 4 is 118 Å². The quantitative estimate of drug-likeness (QED) is 0.168. The van der Waals surface area contributed by atoms with Gasteiger partial charge in [-0.1, -0.05) is 127 Å². The van der Waals surface area contributed by atoms with Crippen molar-refractivity contribution in [3.05, 3.63) is 181 Å². The Morgan fingerprint density at radius 1 is 0.354 bits per heavy atom. The maximum atomic E-state index is 2.48. The van der Waals surface area contributed by atoms with Gasteiger partial charge in [-0.2, -0.15) is 0 Å². The highest BCUT2D eigenvalue weighted by molar-refractivity contribution is 7.27. The third-order valence-electron chi connectivity index (χ3n) is 13.6. The van der Waals surface area contributed by atoms with Crippen molar-refractivity contribution in [2.24, 2.45) is 0 Å². The predicted molar refractivity (Wildman–Crippen MR) is 286 cm³/mol. The minimum atomic E-state index is 0.448. The van der Waals surface area contributed by atoms with E-state index in [1.807, 2.05) is 22.7 Å². The Hall–Kier alpha value is -6.66. The first-order chi connectivity index (χ1) is 31.8.